The van der Waals surface area contributed by atoms with E-state index in [0.29, 0.717) is 47.5 Å². The van der Waals surface area contributed by atoms with Crippen LogP contribution in [0.3, 0.4) is 0 Å². The van der Waals surface area contributed by atoms with E-state index in [-0.39, 0.29) is 44.2 Å². The van der Waals surface area contributed by atoms with Crippen molar-refractivity contribution in [1.82, 2.24) is 4.57 Å². The van der Waals surface area contributed by atoms with Gasteiger partial charge in [-0.3, -0.25) is 0 Å². The molecule has 0 radical (unpaired) electrons. The number of ether oxygens (including phenoxy) is 1. The molecule has 11 atom stereocenters. The Balaban J connectivity index is 1.35. The molecule has 2 aliphatic heterocycles. The van der Waals surface area contributed by atoms with Crippen LogP contribution in [-0.4, -0.2) is 22.1 Å². The summed E-state index contributed by atoms with van der Waals surface area (Å²) in [5, 5.41) is 1.63. The lowest BCUT2D eigenvalue weighted by Gasteiger charge is -2.68. The molecule has 0 N–H and O–H groups in total. The third kappa shape index (κ3) is 4.44. The number of rotatable bonds is 6. The largest absolute Gasteiger partial charge is 0.369 e. The molecular formula is C49H75NO2. The van der Waals surface area contributed by atoms with E-state index in [0.717, 1.165) is 12.8 Å². The molecule has 3 heteroatoms. The molecule has 1 saturated heterocycles. The van der Waals surface area contributed by atoms with Crippen LogP contribution in [0.4, 0.5) is 0 Å². The summed E-state index contributed by atoms with van der Waals surface area (Å²) in [6.45, 7) is 40.3. The quantitative estimate of drug-likeness (QED) is 0.280. The molecule has 0 bridgehead atoms. The molecule has 1 aromatic heterocycles. The summed E-state index contributed by atoms with van der Waals surface area (Å²) in [5.74, 6) is 4.14. The molecule has 3 nitrogen and oxygen atoms in total. The molecule has 3 fully saturated rings. The smallest absolute Gasteiger partial charge is 0.122 e. The number of aromatic nitrogens is 1. The van der Waals surface area contributed by atoms with E-state index in [9.17, 15) is 4.79 Å². The zero-order valence-corrected chi connectivity index (χ0v) is 36.3. The lowest BCUT2D eigenvalue weighted by Crippen LogP contribution is -2.63. The van der Waals surface area contributed by atoms with Gasteiger partial charge in [-0.05, 0) is 159 Å². The fourth-order valence-corrected chi connectivity index (χ4v) is 16.6. The van der Waals surface area contributed by atoms with E-state index >= 15 is 0 Å². The highest BCUT2D eigenvalue weighted by atomic mass is 16.5. The standard InChI is InChI=1S/C49H75NO2/c1-27(2)41-45(10,11)39-37-30(5)38-35(25-44(8,9)52-46(38,12)13)32(37)23-33-34-22-31-17-18-36-47(14,49(31,16)42(34)50(41)40(33)39)20-19-43(6,7)48(36,15)24-28(3)21-29(4)26-51/h23,26-31,35-36,38,41H,17-22,24-25H2,1-16H3. The second-order valence-corrected chi connectivity index (χ2v) is 23.5. The maximum Gasteiger partial charge on any atom is 0.122 e. The van der Waals surface area contributed by atoms with Gasteiger partial charge in [-0.1, -0.05) is 83.1 Å². The van der Waals surface area contributed by atoms with Gasteiger partial charge in [-0.2, -0.15) is 0 Å². The first-order valence-corrected chi connectivity index (χ1v) is 21.8. The SMILES string of the molecule is CC(C=O)CC(C)CC1(C)C2CCC3Cc4c(n5c6c(c7c(cc46)C4CC(C)(C)OC(C)(C)C4C7C)C(C)(C)C5C(C)C)C3(C)C2(C)CCC1(C)C. The van der Waals surface area contributed by atoms with Crippen molar-refractivity contribution in [2.24, 2.45) is 51.8 Å². The van der Waals surface area contributed by atoms with Gasteiger partial charge >= 0.3 is 0 Å². The molecule has 2 saturated carbocycles. The molecule has 2 aromatic rings. The van der Waals surface area contributed by atoms with Crippen LogP contribution in [0.15, 0.2) is 6.07 Å². The summed E-state index contributed by atoms with van der Waals surface area (Å²) >= 11 is 0. The van der Waals surface area contributed by atoms with Crippen molar-refractivity contribution in [3.05, 3.63) is 34.0 Å². The Kier molecular flexibility index (Phi) is 7.92. The Hall–Kier alpha value is -1.61. The van der Waals surface area contributed by atoms with Crippen LogP contribution in [0.1, 0.15) is 202 Å². The minimum absolute atomic E-state index is 0.0571. The summed E-state index contributed by atoms with van der Waals surface area (Å²) in [6.07, 6.45) is 11.1. The third-order valence-electron chi connectivity index (χ3n) is 18.5. The second kappa shape index (κ2) is 11.0. The molecule has 1 aromatic carbocycles. The molecule has 52 heavy (non-hydrogen) atoms. The van der Waals surface area contributed by atoms with Crippen molar-refractivity contribution in [2.45, 2.75) is 202 Å². The van der Waals surface area contributed by atoms with Crippen LogP contribution in [0, 0.1) is 51.8 Å². The predicted molar refractivity (Wildman–Crippen MR) is 217 cm³/mol. The number of benzene rings is 1. The lowest BCUT2D eigenvalue weighted by molar-refractivity contribution is -0.193. The Morgan fingerprint density at radius 2 is 1.62 bits per heavy atom. The maximum atomic E-state index is 11.8. The second-order valence-electron chi connectivity index (χ2n) is 23.5. The van der Waals surface area contributed by atoms with E-state index in [4.69, 9.17) is 4.74 Å². The fourth-order valence-electron chi connectivity index (χ4n) is 16.6. The topological polar surface area (TPSA) is 31.2 Å². The van der Waals surface area contributed by atoms with E-state index in [1.165, 1.54) is 44.8 Å². The molecule has 11 unspecified atom stereocenters. The molecular weight excluding hydrogens is 635 g/mol. The van der Waals surface area contributed by atoms with Gasteiger partial charge in [0.05, 0.1) is 16.7 Å². The molecule has 0 spiro atoms. The lowest BCUT2D eigenvalue weighted by atomic mass is 9.36. The van der Waals surface area contributed by atoms with Gasteiger partial charge in [0.2, 0.25) is 0 Å². The summed E-state index contributed by atoms with van der Waals surface area (Å²) in [5.41, 5.74) is 10.8. The van der Waals surface area contributed by atoms with Gasteiger partial charge in [-0.25, -0.2) is 0 Å². The van der Waals surface area contributed by atoms with E-state index < -0.39 is 0 Å². The van der Waals surface area contributed by atoms with Crippen LogP contribution < -0.4 is 0 Å². The zero-order valence-electron chi connectivity index (χ0n) is 36.3. The summed E-state index contributed by atoms with van der Waals surface area (Å²) in [4.78, 5) is 11.8. The highest BCUT2D eigenvalue weighted by molar-refractivity contribution is 5.95. The Labute approximate surface area is 318 Å². The molecule has 8 rings (SSSR count). The normalized spacial score (nSPS) is 41.2. The first kappa shape index (κ1) is 37.3. The maximum absolute atomic E-state index is 11.8. The Morgan fingerprint density at radius 3 is 2.25 bits per heavy atom. The average Bonchev–Trinajstić information content (AvgIpc) is 3.66. The van der Waals surface area contributed by atoms with Crippen LogP contribution in [-0.2, 0) is 26.8 Å². The van der Waals surface area contributed by atoms with E-state index in [1.54, 1.807) is 38.9 Å². The van der Waals surface area contributed by atoms with Gasteiger partial charge in [0.25, 0.3) is 0 Å². The molecule has 0 amide bonds. The highest BCUT2D eigenvalue weighted by Crippen LogP contribution is 2.75. The van der Waals surface area contributed by atoms with Crippen molar-refractivity contribution < 1.29 is 9.53 Å². The van der Waals surface area contributed by atoms with Crippen molar-refractivity contribution >= 4 is 17.2 Å². The van der Waals surface area contributed by atoms with Crippen LogP contribution in [0.25, 0.3) is 10.9 Å². The minimum atomic E-state index is -0.157. The van der Waals surface area contributed by atoms with Gasteiger partial charge in [0.1, 0.15) is 6.29 Å². The van der Waals surface area contributed by atoms with E-state index in [2.05, 4.69) is 121 Å². The van der Waals surface area contributed by atoms with Crippen LogP contribution in [0.5, 0.6) is 0 Å². The number of hydrogen-bond donors (Lipinski definition) is 0. The van der Waals surface area contributed by atoms with Gasteiger partial charge in [0, 0.05) is 39.8 Å². The third-order valence-corrected chi connectivity index (χ3v) is 18.5. The minimum Gasteiger partial charge on any atom is -0.369 e. The molecule has 6 aliphatic rings. The summed E-state index contributed by atoms with van der Waals surface area (Å²) in [7, 11) is 0. The van der Waals surface area contributed by atoms with Crippen molar-refractivity contribution in [3.63, 3.8) is 0 Å². The Morgan fingerprint density at radius 1 is 0.942 bits per heavy atom. The number of nitrogens with zero attached hydrogens (tertiary/aromatic N) is 1. The number of aldehydes is 1. The van der Waals surface area contributed by atoms with Crippen LogP contribution in [0.2, 0.25) is 0 Å². The van der Waals surface area contributed by atoms with Crippen molar-refractivity contribution in [1.29, 1.82) is 0 Å². The first-order valence-electron chi connectivity index (χ1n) is 21.8. The van der Waals surface area contributed by atoms with Gasteiger partial charge < -0.3 is 14.1 Å². The molecule has 288 valence electrons. The number of carbonyl (C=O) groups is 1. The number of fused-ring (bicyclic) bond motifs is 11. The average molecular weight is 710 g/mol. The molecule has 3 heterocycles. The van der Waals surface area contributed by atoms with Gasteiger partial charge in [-0.15, -0.1) is 0 Å². The predicted octanol–water partition coefficient (Wildman–Crippen LogP) is 12.8. The van der Waals surface area contributed by atoms with Crippen molar-refractivity contribution in [3.8, 4) is 0 Å². The van der Waals surface area contributed by atoms with Crippen molar-refractivity contribution in [2.75, 3.05) is 0 Å². The summed E-state index contributed by atoms with van der Waals surface area (Å²) in [6, 6.07) is 3.23. The van der Waals surface area contributed by atoms with E-state index in [1.807, 2.05) is 0 Å². The number of hydrogen-bond acceptors (Lipinski definition) is 2. The highest BCUT2D eigenvalue weighted by Gasteiger charge is 2.69. The van der Waals surface area contributed by atoms with Gasteiger partial charge in [0.15, 0.2) is 0 Å². The fraction of sp³-hybridized carbons (Fsp3) is 0.816. The first-order chi connectivity index (χ1) is 23.9. The Bertz CT molecular complexity index is 1820. The number of carbonyl (C=O) groups excluding carboxylic acids is 1. The monoisotopic (exact) mass is 710 g/mol. The van der Waals surface area contributed by atoms with Crippen LogP contribution >= 0.6 is 0 Å². The zero-order chi connectivity index (χ0) is 38.1. The molecule has 4 aliphatic carbocycles. The summed E-state index contributed by atoms with van der Waals surface area (Å²) < 4.78 is 9.97.